The van der Waals surface area contributed by atoms with Crippen LogP contribution in [0.2, 0.25) is 0 Å². The number of nitrogens with one attached hydrogen (secondary N) is 2. The van der Waals surface area contributed by atoms with E-state index in [0.717, 1.165) is 102 Å². The van der Waals surface area contributed by atoms with E-state index in [1.165, 1.54) is 0 Å². The molecule has 0 aliphatic carbocycles. The molecule has 16 heteroatoms. The molecule has 2 N–H and O–H groups in total. The maximum absolute atomic E-state index is 5.51. The van der Waals surface area contributed by atoms with Gasteiger partial charge in [0.25, 0.3) is 0 Å². The molecule has 60 heavy (non-hydrogen) atoms. The summed E-state index contributed by atoms with van der Waals surface area (Å²) in [7, 11) is 0. The number of fused-ring (bicyclic) bond motifs is 8. The van der Waals surface area contributed by atoms with Crippen molar-refractivity contribution in [3.8, 4) is 45.0 Å². The third-order valence-corrected chi connectivity index (χ3v) is 18.4. The number of aromatic nitrogens is 8. The summed E-state index contributed by atoms with van der Waals surface area (Å²) in [5.41, 5.74) is 15.6. The minimum atomic E-state index is 0.652. The van der Waals surface area contributed by atoms with Gasteiger partial charge in [-0.3, -0.25) is 19.9 Å². The number of aromatic amines is 2. The quantitative estimate of drug-likeness (QED) is 0.182. The molecule has 0 saturated heterocycles. The first-order valence-corrected chi connectivity index (χ1v) is 24.5. The van der Waals surface area contributed by atoms with Crippen molar-refractivity contribution in [2.45, 2.75) is 27.7 Å². The molecule has 8 nitrogen and oxygen atoms in total. The van der Waals surface area contributed by atoms with E-state index < -0.39 is 0 Å². The Morgan fingerprint density at radius 1 is 0.350 bits per heavy atom. The van der Waals surface area contributed by atoms with Crippen molar-refractivity contribution in [2.75, 3.05) is 0 Å². The van der Waals surface area contributed by atoms with Gasteiger partial charge in [0.2, 0.25) is 0 Å². The first kappa shape index (κ1) is 42.3. The summed E-state index contributed by atoms with van der Waals surface area (Å²) in [6.07, 6.45) is 7.26. The van der Waals surface area contributed by atoms with E-state index in [4.69, 9.17) is 29.9 Å². The molecule has 0 radical (unpaired) electrons. The number of halogens is 8. The van der Waals surface area contributed by atoms with Gasteiger partial charge < -0.3 is 9.97 Å². The van der Waals surface area contributed by atoms with Gasteiger partial charge in [0.15, 0.2) is 0 Å². The molecular formula is C44H26Br8N8. The van der Waals surface area contributed by atoms with Crippen molar-refractivity contribution in [2.24, 2.45) is 0 Å². The van der Waals surface area contributed by atoms with Gasteiger partial charge >= 0.3 is 0 Å². The van der Waals surface area contributed by atoms with Gasteiger partial charge in [-0.25, -0.2) is 9.97 Å². The molecule has 2 aliphatic heterocycles. The molecule has 9 rings (SSSR count). The Hall–Kier alpha value is -2.96. The zero-order chi connectivity index (χ0) is 42.3. The van der Waals surface area contributed by atoms with Crippen molar-refractivity contribution in [3.63, 3.8) is 0 Å². The Morgan fingerprint density at radius 3 is 0.767 bits per heavy atom. The Morgan fingerprint density at radius 2 is 0.567 bits per heavy atom. The number of H-pyrrole nitrogens is 2. The van der Waals surface area contributed by atoms with E-state index in [0.29, 0.717) is 45.6 Å². The number of aryl methyl sites for hydroxylation is 4. The predicted molar refractivity (Wildman–Crippen MR) is 273 cm³/mol. The average Bonchev–Trinajstić information content (AvgIpc) is 3.87. The first-order valence-electron chi connectivity index (χ1n) is 18.1. The fourth-order valence-electron chi connectivity index (χ4n) is 7.26. The number of hydrogen-bond acceptors (Lipinski definition) is 6. The SMILES string of the molecule is Cc1ccnc(-c2c3nc(c(-c4cc(C)ccn4)c4[nH]c(c(Br)c4Br)c(-c4cc(C)ccn4)c4nc(c(-c5cc(C)ccn5)c5[nH]c2c(Br)c5Br)C(Br)=C4Br)C(Br)=C3Br)c1. The second kappa shape index (κ2) is 16.6. The molecule has 298 valence electrons. The molecule has 0 spiro atoms. The van der Waals surface area contributed by atoms with Crippen molar-refractivity contribution in [1.82, 2.24) is 39.9 Å². The number of pyridine rings is 4. The number of nitrogens with zero attached hydrogens (tertiary/aromatic N) is 6. The number of rotatable bonds is 4. The van der Waals surface area contributed by atoms with Crippen LogP contribution >= 0.6 is 127 Å². The van der Waals surface area contributed by atoms with E-state index >= 15 is 0 Å². The van der Waals surface area contributed by atoms with Gasteiger partial charge in [0.1, 0.15) is 0 Å². The van der Waals surface area contributed by atoms with Crippen molar-refractivity contribution in [1.29, 1.82) is 0 Å². The lowest BCUT2D eigenvalue weighted by Crippen LogP contribution is -1.94. The van der Waals surface area contributed by atoms with E-state index in [-0.39, 0.29) is 0 Å². The van der Waals surface area contributed by atoms with Crippen LogP contribution in [0.25, 0.3) is 85.0 Å². The van der Waals surface area contributed by atoms with Gasteiger partial charge in [0, 0.05) is 24.8 Å². The van der Waals surface area contributed by atoms with Crippen LogP contribution in [0.1, 0.15) is 45.0 Å². The van der Waals surface area contributed by atoms with Gasteiger partial charge in [-0.2, -0.15) is 0 Å². The van der Waals surface area contributed by atoms with Crippen LogP contribution in [0.5, 0.6) is 0 Å². The highest BCUT2D eigenvalue weighted by molar-refractivity contribution is 9.18. The summed E-state index contributed by atoms with van der Waals surface area (Å²) in [6.45, 7) is 8.20. The Labute approximate surface area is 411 Å². The summed E-state index contributed by atoms with van der Waals surface area (Å²) in [6, 6.07) is 16.2. The number of hydrogen-bond donors (Lipinski definition) is 2. The minimum absolute atomic E-state index is 0.652. The maximum atomic E-state index is 5.51. The summed E-state index contributed by atoms with van der Waals surface area (Å²) in [5, 5.41) is 0. The fraction of sp³-hybridized carbons (Fsp3) is 0.0909. The zero-order valence-electron chi connectivity index (χ0n) is 31.6. The Kier molecular flexibility index (Phi) is 11.7. The third-order valence-electron chi connectivity index (χ3n) is 10.1. The second-order valence-electron chi connectivity index (χ2n) is 14.3. The molecule has 0 unspecified atom stereocenters. The van der Waals surface area contributed by atoms with Crippen LogP contribution in [0.15, 0.2) is 91.2 Å². The maximum Gasteiger partial charge on any atom is 0.0907 e. The molecule has 0 saturated carbocycles. The second-order valence-corrected chi connectivity index (χ2v) is 20.6. The van der Waals surface area contributed by atoms with Gasteiger partial charge in [0.05, 0.1) is 126 Å². The summed E-state index contributed by atoms with van der Waals surface area (Å²) in [5.74, 6) is 0. The third kappa shape index (κ3) is 7.24. The van der Waals surface area contributed by atoms with Crippen molar-refractivity contribution < 1.29 is 0 Å². The lowest BCUT2D eigenvalue weighted by molar-refractivity contribution is 1.24. The van der Waals surface area contributed by atoms with E-state index in [9.17, 15) is 0 Å². The Bertz CT molecular complexity index is 2840. The molecule has 7 aromatic rings. The fourth-order valence-corrected chi connectivity index (χ4v) is 11.1. The van der Waals surface area contributed by atoms with Crippen LogP contribution in [-0.2, 0) is 0 Å². The van der Waals surface area contributed by atoms with E-state index in [2.05, 4.69) is 189 Å². The molecule has 0 fully saturated rings. The minimum Gasteiger partial charge on any atom is -0.352 e. The highest BCUT2D eigenvalue weighted by Gasteiger charge is 2.32. The molecule has 2 aliphatic rings. The van der Waals surface area contributed by atoms with Crippen molar-refractivity contribution in [3.05, 3.63) is 136 Å². The van der Waals surface area contributed by atoms with E-state index in [1.807, 2.05) is 49.1 Å². The summed E-state index contributed by atoms with van der Waals surface area (Å²) < 4.78 is 6.01. The normalized spacial score (nSPS) is 12.9. The average molecular weight is 1310 g/mol. The van der Waals surface area contributed by atoms with E-state index in [1.54, 1.807) is 0 Å². The topological polar surface area (TPSA) is 109 Å². The van der Waals surface area contributed by atoms with Crippen molar-refractivity contribution >= 4 is 167 Å². The largest absolute Gasteiger partial charge is 0.352 e. The molecule has 9 heterocycles. The molecule has 0 amide bonds. The molecular weight excluding hydrogens is 1280 g/mol. The molecule has 7 aromatic heterocycles. The molecule has 0 aromatic carbocycles. The van der Waals surface area contributed by atoms with Gasteiger partial charge in [-0.15, -0.1) is 0 Å². The summed E-state index contributed by atoms with van der Waals surface area (Å²) in [4.78, 5) is 38.4. The van der Waals surface area contributed by atoms with Crippen LogP contribution < -0.4 is 0 Å². The Balaban J connectivity index is 1.64. The highest BCUT2D eigenvalue weighted by atomic mass is 79.9. The van der Waals surface area contributed by atoms with Crippen LogP contribution in [0.4, 0.5) is 0 Å². The van der Waals surface area contributed by atoms with Gasteiger partial charge in [-0.05, 0) is 226 Å². The predicted octanol–water partition coefficient (Wildman–Crippen LogP) is 16.1. The van der Waals surface area contributed by atoms with Crippen LogP contribution in [0, 0.1) is 27.7 Å². The molecule has 8 bridgehead atoms. The standard InChI is InChI=1S/C44H26Br8N8/c1-17-5-9-53-21(13-17)25-37-29(45)31(47)39(57-37)26(22-14-18(2)6-10-54-22)41-33(49)35(51)43(59-41)28(24-16-20(4)8-12-56-24)44-36(52)34(50)42(60-44)27(23-15-19(3)7-11-55-23)40-32(48)30(46)38(25)58-40/h5-16,57,60H,1-4H3. The van der Waals surface area contributed by atoms with Gasteiger partial charge in [-0.1, -0.05) is 0 Å². The highest BCUT2D eigenvalue weighted by Crippen LogP contribution is 2.52. The first-order chi connectivity index (χ1) is 28.7. The summed E-state index contributed by atoms with van der Waals surface area (Å²) >= 11 is 32.0. The van der Waals surface area contributed by atoms with Crippen LogP contribution in [-0.4, -0.2) is 39.9 Å². The monoisotopic (exact) mass is 1300 g/mol. The molecule has 0 atom stereocenters. The van der Waals surface area contributed by atoms with Crippen LogP contribution in [0.3, 0.4) is 0 Å². The smallest absolute Gasteiger partial charge is 0.0907 e. The lowest BCUT2D eigenvalue weighted by atomic mass is 10.1. The lowest BCUT2D eigenvalue weighted by Gasteiger charge is -2.08. The zero-order valence-corrected chi connectivity index (χ0v) is 44.3.